The Kier molecular flexibility index (Phi) is 4.57. The Hall–Kier alpha value is -2.36. The minimum atomic E-state index is -0.165. The molecule has 0 saturated heterocycles. The molecule has 188 valence electrons. The smallest absolute Gasteiger partial charge is 0.230 e. The van der Waals surface area contributed by atoms with E-state index in [0.717, 1.165) is 96.2 Å². The maximum Gasteiger partial charge on any atom is 0.230 e. The molecule has 0 aromatic heterocycles. The van der Waals surface area contributed by atoms with Gasteiger partial charge in [-0.3, -0.25) is 9.59 Å². The molecule has 8 aliphatic carbocycles. The fraction of sp³-hybridized carbons (Fsp3) is 0.625. The predicted molar refractivity (Wildman–Crippen MR) is 142 cm³/mol. The van der Waals surface area contributed by atoms with E-state index in [-0.39, 0.29) is 22.6 Å². The van der Waals surface area contributed by atoms with E-state index in [9.17, 15) is 9.59 Å². The maximum atomic E-state index is 13.8. The first-order valence-corrected chi connectivity index (χ1v) is 14.6. The maximum absolute atomic E-state index is 13.8. The van der Waals surface area contributed by atoms with Crippen LogP contribution < -0.4 is 10.6 Å². The van der Waals surface area contributed by atoms with Crippen molar-refractivity contribution in [3.63, 3.8) is 0 Å². The number of carbonyl (C=O) groups is 2. The first kappa shape index (κ1) is 21.7. The highest BCUT2D eigenvalue weighted by Gasteiger charge is 2.55. The number of hydrogen-bond donors (Lipinski definition) is 2. The highest BCUT2D eigenvalue weighted by Crippen LogP contribution is 2.61. The van der Waals surface area contributed by atoms with Crippen LogP contribution in [0.25, 0.3) is 10.8 Å². The van der Waals surface area contributed by atoms with Gasteiger partial charge in [-0.1, -0.05) is 24.3 Å². The van der Waals surface area contributed by atoms with Crippen molar-refractivity contribution in [2.24, 2.45) is 46.3 Å². The minimum absolute atomic E-state index is 0.165. The molecule has 8 aliphatic rings. The van der Waals surface area contributed by atoms with Gasteiger partial charge in [-0.2, -0.15) is 0 Å². The number of amides is 2. The Morgan fingerprint density at radius 1 is 0.528 bits per heavy atom. The lowest BCUT2D eigenvalue weighted by Gasteiger charge is -2.55. The van der Waals surface area contributed by atoms with E-state index < -0.39 is 0 Å². The van der Waals surface area contributed by atoms with Gasteiger partial charge in [0.25, 0.3) is 0 Å². The Morgan fingerprint density at radius 3 is 1.14 bits per heavy atom. The quantitative estimate of drug-likeness (QED) is 0.486. The third-order valence-electron chi connectivity index (χ3n) is 11.5. The Bertz CT molecular complexity index is 1090. The number of nitrogens with one attached hydrogen (secondary N) is 2. The fourth-order valence-electron chi connectivity index (χ4n) is 10.8. The Balaban J connectivity index is 1.07. The van der Waals surface area contributed by atoms with Gasteiger partial charge in [-0.15, -0.1) is 0 Å². The zero-order valence-corrected chi connectivity index (χ0v) is 21.2. The van der Waals surface area contributed by atoms with E-state index in [1.165, 1.54) is 38.5 Å². The predicted octanol–water partition coefficient (Wildman–Crippen LogP) is 7.15. The lowest BCUT2D eigenvalue weighted by molar-refractivity contribution is -0.141. The highest BCUT2D eigenvalue weighted by atomic mass is 16.2. The summed E-state index contributed by atoms with van der Waals surface area (Å²) in [6.07, 6.45) is 14.5. The van der Waals surface area contributed by atoms with Gasteiger partial charge in [0, 0.05) is 22.1 Å². The van der Waals surface area contributed by atoms with E-state index in [0.29, 0.717) is 0 Å². The molecule has 0 aliphatic heterocycles. The van der Waals surface area contributed by atoms with Crippen LogP contribution in [-0.4, -0.2) is 11.8 Å². The molecular formula is C32H38N2O2. The van der Waals surface area contributed by atoms with Crippen molar-refractivity contribution in [2.75, 3.05) is 10.6 Å². The number of rotatable bonds is 4. The molecule has 10 rings (SSSR count). The zero-order chi connectivity index (χ0) is 24.1. The number of benzene rings is 2. The second-order valence-electron chi connectivity index (χ2n) is 14.0. The summed E-state index contributed by atoms with van der Waals surface area (Å²) in [7, 11) is 0. The first-order valence-electron chi connectivity index (χ1n) is 14.6. The van der Waals surface area contributed by atoms with Gasteiger partial charge < -0.3 is 10.6 Å². The van der Waals surface area contributed by atoms with Gasteiger partial charge in [0.15, 0.2) is 0 Å². The van der Waals surface area contributed by atoms with Crippen LogP contribution in [0.1, 0.15) is 77.0 Å². The molecule has 0 atom stereocenters. The highest BCUT2D eigenvalue weighted by molar-refractivity contribution is 6.11. The third kappa shape index (κ3) is 3.25. The molecule has 36 heavy (non-hydrogen) atoms. The van der Waals surface area contributed by atoms with E-state index in [1.54, 1.807) is 0 Å². The molecule has 4 heteroatoms. The number of anilines is 2. The van der Waals surface area contributed by atoms with Crippen LogP contribution in [0, 0.1) is 46.3 Å². The van der Waals surface area contributed by atoms with Crippen LogP contribution in [0.2, 0.25) is 0 Å². The minimum Gasteiger partial charge on any atom is -0.325 e. The monoisotopic (exact) mass is 482 g/mol. The molecule has 2 aromatic carbocycles. The van der Waals surface area contributed by atoms with Crippen molar-refractivity contribution >= 4 is 34.0 Å². The molecule has 2 aromatic rings. The summed E-state index contributed by atoms with van der Waals surface area (Å²) in [4.78, 5) is 27.5. The van der Waals surface area contributed by atoms with E-state index in [4.69, 9.17) is 0 Å². The second kappa shape index (κ2) is 7.58. The van der Waals surface area contributed by atoms with Gasteiger partial charge in [0.1, 0.15) is 0 Å². The van der Waals surface area contributed by atoms with Crippen molar-refractivity contribution in [2.45, 2.75) is 77.0 Å². The lowest BCUT2D eigenvalue weighted by atomic mass is 9.49. The van der Waals surface area contributed by atoms with E-state index in [1.807, 2.05) is 24.3 Å². The normalized spacial score (nSPS) is 41.6. The van der Waals surface area contributed by atoms with Crippen LogP contribution in [0.5, 0.6) is 0 Å². The van der Waals surface area contributed by atoms with E-state index >= 15 is 0 Å². The topological polar surface area (TPSA) is 58.2 Å². The van der Waals surface area contributed by atoms with Crippen LogP contribution in [0.4, 0.5) is 11.4 Å². The lowest BCUT2D eigenvalue weighted by Crippen LogP contribution is -2.51. The molecule has 2 amide bonds. The first-order chi connectivity index (χ1) is 17.5. The van der Waals surface area contributed by atoms with Crippen LogP contribution in [0.15, 0.2) is 36.4 Å². The number of fused-ring (bicyclic) bond motifs is 1. The van der Waals surface area contributed by atoms with E-state index in [2.05, 4.69) is 22.8 Å². The van der Waals surface area contributed by atoms with Gasteiger partial charge in [0.05, 0.1) is 10.8 Å². The summed E-state index contributed by atoms with van der Waals surface area (Å²) in [6, 6.07) is 12.3. The van der Waals surface area contributed by atoms with Crippen molar-refractivity contribution in [1.29, 1.82) is 0 Å². The molecular weight excluding hydrogens is 444 g/mol. The molecule has 2 N–H and O–H groups in total. The number of carbonyl (C=O) groups excluding carboxylic acids is 2. The largest absolute Gasteiger partial charge is 0.325 e. The molecule has 8 fully saturated rings. The summed E-state index contributed by atoms with van der Waals surface area (Å²) < 4.78 is 0. The average Bonchev–Trinajstić information content (AvgIpc) is 2.84. The molecule has 0 unspecified atom stereocenters. The molecule has 4 nitrogen and oxygen atoms in total. The van der Waals surface area contributed by atoms with Crippen molar-refractivity contribution in [3.8, 4) is 0 Å². The van der Waals surface area contributed by atoms with Crippen LogP contribution in [-0.2, 0) is 9.59 Å². The molecule has 0 heterocycles. The second-order valence-corrected chi connectivity index (χ2v) is 14.0. The molecule has 8 bridgehead atoms. The summed E-state index contributed by atoms with van der Waals surface area (Å²) in [6.45, 7) is 0. The van der Waals surface area contributed by atoms with Crippen molar-refractivity contribution in [3.05, 3.63) is 36.4 Å². The van der Waals surface area contributed by atoms with Gasteiger partial charge in [-0.05, 0) is 125 Å². The van der Waals surface area contributed by atoms with Gasteiger partial charge in [0.2, 0.25) is 11.8 Å². The molecule has 8 saturated carbocycles. The zero-order valence-electron chi connectivity index (χ0n) is 21.2. The van der Waals surface area contributed by atoms with Crippen LogP contribution >= 0.6 is 0 Å². The number of hydrogen-bond acceptors (Lipinski definition) is 2. The van der Waals surface area contributed by atoms with Crippen molar-refractivity contribution < 1.29 is 9.59 Å². The average molecular weight is 483 g/mol. The standard InChI is InChI=1S/C32H38N2O2/c35-29(31-13-19-7-20(14-31)9-21(8-19)15-31)33-27-5-6-28(26-4-2-1-3-25(26)27)34-30(36)32-16-22-10-23(17-32)12-24(11-22)18-32/h1-6,19-24H,7-18H2,(H,33,35)(H,34,36). The molecule has 0 radical (unpaired) electrons. The third-order valence-corrected chi connectivity index (χ3v) is 11.5. The van der Waals surface area contributed by atoms with Gasteiger partial charge in [-0.25, -0.2) is 0 Å². The Morgan fingerprint density at radius 2 is 0.833 bits per heavy atom. The van der Waals surface area contributed by atoms with Gasteiger partial charge >= 0.3 is 0 Å². The Labute approximate surface area is 214 Å². The summed E-state index contributed by atoms with van der Waals surface area (Å²) >= 11 is 0. The summed E-state index contributed by atoms with van der Waals surface area (Å²) in [5.41, 5.74) is 1.45. The SMILES string of the molecule is O=C(Nc1ccc(NC(=O)C23CC4CC(CC(C4)C2)C3)c2ccccc12)C12CC3CC(CC(C3)C1)C2. The van der Waals surface area contributed by atoms with Crippen LogP contribution in [0.3, 0.4) is 0 Å². The van der Waals surface area contributed by atoms with Crippen molar-refractivity contribution in [1.82, 2.24) is 0 Å². The summed E-state index contributed by atoms with van der Waals surface area (Å²) in [5, 5.41) is 8.81. The summed E-state index contributed by atoms with van der Waals surface area (Å²) in [5.74, 6) is 4.97. The fourth-order valence-corrected chi connectivity index (χ4v) is 10.8. The molecule has 0 spiro atoms.